The Morgan fingerprint density at radius 1 is 0.579 bits per heavy atom. The van der Waals surface area contributed by atoms with Gasteiger partial charge in [-0.05, 0) is 0 Å². The van der Waals surface area contributed by atoms with E-state index in [1.165, 1.54) is 20.3 Å². The first-order valence-electron chi connectivity index (χ1n) is 12.6. The molecule has 0 aliphatic heterocycles. The predicted octanol–water partition coefficient (Wildman–Crippen LogP) is 6.01. The number of methoxy groups -OCH3 is 1. The molecule has 5 aromatic carbocycles. The van der Waals surface area contributed by atoms with Gasteiger partial charge >= 0.3 is 228 Å². The summed E-state index contributed by atoms with van der Waals surface area (Å²) in [5.41, 5.74) is 1.83. The van der Waals surface area contributed by atoms with Gasteiger partial charge in [0.1, 0.15) is 0 Å². The zero-order chi connectivity index (χ0) is 26.2. The van der Waals surface area contributed by atoms with E-state index in [2.05, 4.69) is 115 Å². The van der Waals surface area contributed by atoms with E-state index < -0.39 is 19.4 Å². The standard InChI is InChI=1S/C34H29GeNO2/c1-38-34(37)36(32-25-15-6-16-26-32)27-33(28-17-7-2-8-18-28)35(29-19-9-3-10-20-29,30-21-11-4-12-22-30)31-23-13-5-14-24-31/h2-27H,1H3/b33-27+. The quantitative estimate of drug-likeness (QED) is 0.230. The third kappa shape index (κ3) is 4.93. The molecule has 0 spiro atoms. The van der Waals surface area contributed by atoms with Gasteiger partial charge in [0, 0.05) is 0 Å². The van der Waals surface area contributed by atoms with Gasteiger partial charge in [0.15, 0.2) is 0 Å². The van der Waals surface area contributed by atoms with E-state index in [0.29, 0.717) is 0 Å². The number of ether oxygens (including phenoxy) is 1. The van der Waals surface area contributed by atoms with Crippen LogP contribution in [0.1, 0.15) is 5.56 Å². The Morgan fingerprint density at radius 3 is 1.34 bits per heavy atom. The van der Waals surface area contributed by atoms with Crippen LogP contribution in [-0.4, -0.2) is 26.5 Å². The van der Waals surface area contributed by atoms with Crippen molar-refractivity contribution in [2.45, 2.75) is 0 Å². The van der Waals surface area contributed by atoms with Gasteiger partial charge in [-0.1, -0.05) is 0 Å². The SMILES string of the molecule is COC(=O)N(/C=[C](\c1ccccc1)[Ge]([c]1ccccc1)([c]1ccccc1)[c]1ccccc1)c1ccccc1. The fourth-order valence-electron chi connectivity index (χ4n) is 5.09. The molecule has 0 aliphatic rings. The van der Waals surface area contributed by atoms with E-state index >= 15 is 0 Å². The van der Waals surface area contributed by atoms with E-state index in [4.69, 9.17) is 4.74 Å². The van der Waals surface area contributed by atoms with Gasteiger partial charge in [0.05, 0.1) is 0 Å². The molecule has 186 valence electrons. The number of amides is 1. The Balaban J connectivity index is 1.94. The first-order valence-corrected chi connectivity index (χ1v) is 16.8. The van der Waals surface area contributed by atoms with Crippen LogP contribution < -0.4 is 18.1 Å². The summed E-state index contributed by atoms with van der Waals surface area (Å²) in [5.74, 6) is 0. The molecule has 0 atom stereocenters. The van der Waals surface area contributed by atoms with Crippen molar-refractivity contribution in [3.05, 3.63) is 163 Å². The van der Waals surface area contributed by atoms with Crippen LogP contribution in [0, 0.1) is 0 Å². The Hall–Kier alpha value is -4.35. The zero-order valence-corrected chi connectivity index (χ0v) is 23.4. The van der Waals surface area contributed by atoms with Gasteiger partial charge in [-0.15, -0.1) is 0 Å². The van der Waals surface area contributed by atoms with Crippen molar-refractivity contribution in [1.29, 1.82) is 0 Å². The van der Waals surface area contributed by atoms with Crippen molar-refractivity contribution in [3.8, 4) is 0 Å². The maximum atomic E-state index is 13.3. The van der Waals surface area contributed by atoms with Gasteiger partial charge in [-0.25, -0.2) is 0 Å². The minimum absolute atomic E-state index is 0.435. The molecular formula is C34H29GeNO2. The van der Waals surface area contributed by atoms with E-state index in [-0.39, 0.29) is 0 Å². The molecule has 4 heteroatoms. The molecule has 0 aliphatic carbocycles. The molecular weight excluding hydrogens is 527 g/mol. The molecule has 0 aromatic heterocycles. The number of nitrogens with zero attached hydrogens (tertiary/aromatic N) is 1. The van der Waals surface area contributed by atoms with Gasteiger partial charge in [-0.3, -0.25) is 0 Å². The Morgan fingerprint density at radius 2 is 0.947 bits per heavy atom. The summed E-state index contributed by atoms with van der Waals surface area (Å²) in [5, 5.41) is 0. The third-order valence-corrected chi connectivity index (χ3v) is 16.9. The molecule has 0 N–H and O–H groups in total. The van der Waals surface area contributed by atoms with Crippen LogP contribution >= 0.6 is 0 Å². The van der Waals surface area contributed by atoms with Crippen molar-refractivity contribution in [2.24, 2.45) is 0 Å². The Bertz CT molecular complexity index is 1390. The number of para-hydroxylation sites is 1. The van der Waals surface area contributed by atoms with Crippen molar-refractivity contribution >= 4 is 42.6 Å². The minimum atomic E-state index is -3.70. The van der Waals surface area contributed by atoms with Crippen LogP contribution in [0.25, 0.3) is 4.41 Å². The van der Waals surface area contributed by atoms with Crippen LogP contribution in [0.4, 0.5) is 10.5 Å². The monoisotopic (exact) mass is 557 g/mol. The van der Waals surface area contributed by atoms with Gasteiger partial charge in [-0.2, -0.15) is 0 Å². The van der Waals surface area contributed by atoms with Crippen LogP contribution in [0.2, 0.25) is 0 Å². The third-order valence-electron chi connectivity index (χ3n) is 6.77. The molecule has 0 saturated carbocycles. The predicted molar refractivity (Wildman–Crippen MR) is 160 cm³/mol. The molecule has 5 aromatic rings. The molecule has 3 nitrogen and oxygen atoms in total. The average molecular weight is 556 g/mol. The summed E-state index contributed by atoms with van der Waals surface area (Å²) in [6.07, 6.45) is 1.58. The van der Waals surface area contributed by atoms with Gasteiger partial charge < -0.3 is 0 Å². The first kappa shape index (κ1) is 25.3. The second kappa shape index (κ2) is 11.8. The Kier molecular flexibility index (Phi) is 7.86. The fraction of sp³-hybridized carbons (Fsp3) is 0.0294. The second-order valence-corrected chi connectivity index (χ2v) is 16.8. The molecule has 5 rings (SSSR count). The number of hydrogen-bond acceptors (Lipinski definition) is 2. The summed E-state index contributed by atoms with van der Waals surface area (Å²) in [4.78, 5) is 14.9. The van der Waals surface area contributed by atoms with Gasteiger partial charge in [0.25, 0.3) is 0 Å². The number of rotatable bonds is 7. The van der Waals surface area contributed by atoms with E-state index in [1.807, 2.05) is 42.6 Å². The normalized spacial score (nSPS) is 11.6. The number of anilines is 1. The Labute approximate surface area is 227 Å². The maximum absolute atomic E-state index is 13.3. The van der Waals surface area contributed by atoms with Crippen LogP contribution in [0.15, 0.2) is 158 Å². The molecule has 0 saturated heterocycles. The second-order valence-electron chi connectivity index (χ2n) is 8.93. The van der Waals surface area contributed by atoms with Crippen molar-refractivity contribution < 1.29 is 9.53 Å². The van der Waals surface area contributed by atoms with Crippen molar-refractivity contribution in [2.75, 3.05) is 12.0 Å². The molecule has 1 amide bonds. The average Bonchev–Trinajstić information content (AvgIpc) is 3.01. The molecule has 0 fully saturated rings. The molecule has 0 unspecified atom stereocenters. The van der Waals surface area contributed by atoms with Crippen molar-refractivity contribution in [1.82, 2.24) is 0 Å². The molecule has 0 heterocycles. The van der Waals surface area contributed by atoms with Gasteiger partial charge in [0.2, 0.25) is 0 Å². The van der Waals surface area contributed by atoms with E-state index in [1.54, 1.807) is 4.90 Å². The summed E-state index contributed by atoms with van der Waals surface area (Å²) < 4.78 is 10.3. The number of benzene rings is 5. The summed E-state index contributed by atoms with van der Waals surface area (Å²) >= 11 is -3.70. The zero-order valence-electron chi connectivity index (χ0n) is 21.3. The van der Waals surface area contributed by atoms with Crippen molar-refractivity contribution in [3.63, 3.8) is 0 Å². The van der Waals surface area contributed by atoms with E-state index in [0.717, 1.165) is 15.7 Å². The fourth-order valence-corrected chi connectivity index (χ4v) is 15.4. The summed E-state index contributed by atoms with van der Waals surface area (Å²) in [7, 11) is 1.43. The van der Waals surface area contributed by atoms with Crippen LogP contribution in [-0.2, 0) is 4.74 Å². The van der Waals surface area contributed by atoms with E-state index in [9.17, 15) is 4.79 Å². The number of carbonyl (C=O) groups is 1. The molecule has 38 heavy (non-hydrogen) atoms. The summed E-state index contributed by atoms with van der Waals surface area (Å²) in [6.45, 7) is 0. The number of hydrogen-bond donors (Lipinski definition) is 0. The topological polar surface area (TPSA) is 29.5 Å². The molecule has 0 radical (unpaired) electrons. The first-order chi connectivity index (χ1) is 18.7. The van der Waals surface area contributed by atoms with Crippen LogP contribution in [0.3, 0.4) is 0 Å². The summed E-state index contributed by atoms with van der Waals surface area (Å²) in [6, 6.07) is 52.4. The number of carbonyl (C=O) groups excluding carboxylic acids is 1. The molecule has 0 bridgehead atoms. The van der Waals surface area contributed by atoms with Crippen LogP contribution in [0.5, 0.6) is 0 Å².